The van der Waals surface area contributed by atoms with Crippen LogP contribution in [0.2, 0.25) is 5.02 Å². The van der Waals surface area contributed by atoms with E-state index in [1.165, 1.54) is 16.9 Å². The molecular formula is C19H20ClN5O3. The Kier molecular flexibility index (Phi) is 5.79. The van der Waals surface area contributed by atoms with Gasteiger partial charge in [-0.25, -0.2) is 4.79 Å². The first-order chi connectivity index (χ1) is 13.3. The van der Waals surface area contributed by atoms with Crippen LogP contribution in [0.4, 0.5) is 5.69 Å². The third-order valence-corrected chi connectivity index (χ3v) is 4.53. The molecule has 0 fully saturated rings. The van der Waals surface area contributed by atoms with E-state index in [4.69, 9.17) is 16.7 Å². The first-order valence-electron chi connectivity index (χ1n) is 8.68. The molecule has 0 spiro atoms. The number of carbonyl (C=O) groups excluding carboxylic acids is 1. The van der Waals surface area contributed by atoms with Gasteiger partial charge in [-0.2, -0.15) is 10.2 Å². The van der Waals surface area contributed by atoms with Crippen molar-refractivity contribution >= 4 is 29.2 Å². The number of nitrogens with one attached hydrogen (secondary N) is 1. The number of aromatic carboxylic acids is 1. The molecule has 0 radical (unpaired) electrons. The molecule has 1 amide bonds. The van der Waals surface area contributed by atoms with E-state index in [2.05, 4.69) is 15.5 Å². The van der Waals surface area contributed by atoms with Crippen LogP contribution in [-0.4, -0.2) is 36.5 Å². The van der Waals surface area contributed by atoms with Crippen molar-refractivity contribution in [1.82, 2.24) is 19.6 Å². The average Bonchev–Trinajstić information content (AvgIpc) is 3.21. The van der Waals surface area contributed by atoms with Crippen LogP contribution in [0.3, 0.4) is 0 Å². The number of hydrogen-bond donors (Lipinski definition) is 2. The highest BCUT2D eigenvalue weighted by Gasteiger charge is 2.15. The number of benzene rings is 1. The van der Waals surface area contributed by atoms with Gasteiger partial charge in [-0.05, 0) is 37.6 Å². The fourth-order valence-electron chi connectivity index (χ4n) is 2.86. The number of carboxylic acid groups (broad SMARTS) is 1. The van der Waals surface area contributed by atoms with Crippen molar-refractivity contribution in [1.29, 1.82) is 0 Å². The summed E-state index contributed by atoms with van der Waals surface area (Å²) >= 11 is 6.03. The minimum atomic E-state index is -1.10. The summed E-state index contributed by atoms with van der Waals surface area (Å²) in [5, 5.41) is 20.8. The second-order valence-corrected chi connectivity index (χ2v) is 6.84. The van der Waals surface area contributed by atoms with E-state index < -0.39 is 5.97 Å². The number of aryl methyl sites for hydroxylation is 2. The van der Waals surface area contributed by atoms with Crippen molar-refractivity contribution in [3.8, 4) is 0 Å². The monoisotopic (exact) mass is 401 g/mol. The fourth-order valence-corrected chi connectivity index (χ4v) is 3.07. The molecule has 0 aliphatic heterocycles. The van der Waals surface area contributed by atoms with E-state index in [1.807, 2.05) is 42.8 Å². The van der Waals surface area contributed by atoms with Gasteiger partial charge in [0.25, 0.3) is 0 Å². The van der Waals surface area contributed by atoms with E-state index in [9.17, 15) is 9.59 Å². The van der Waals surface area contributed by atoms with Crippen LogP contribution in [0.5, 0.6) is 0 Å². The normalized spacial score (nSPS) is 10.8. The van der Waals surface area contributed by atoms with Crippen molar-refractivity contribution in [2.75, 3.05) is 5.32 Å². The molecule has 2 aromatic heterocycles. The summed E-state index contributed by atoms with van der Waals surface area (Å²) < 4.78 is 3.26. The lowest BCUT2D eigenvalue weighted by Crippen LogP contribution is -2.16. The maximum Gasteiger partial charge on any atom is 0.356 e. The van der Waals surface area contributed by atoms with Gasteiger partial charge in [-0.1, -0.05) is 23.7 Å². The highest BCUT2D eigenvalue weighted by atomic mass is 35.5. The number of nitrogens with zero attached hydrogens (tertiary/aromatic N) is 4. The van der Waals surface area contributed by atoms with Gasteiger partial charge in [0.15, 0.2) is 5.69 Å². The molecule has 1 aromatic carbocycles. The minimum Gasteiger partial charge on any atom is -0.476 e. The zero-order chi connectivity index (χ0) is 20.3. The first kappa shape index (κ1) is 19.6. The molecule has 0 saturated heterocycles. The first-order valence-corrected chi connectivity index (χ1v) is 9.06. The van der Waals surface area contributed by atoms with Crippen molar-refractivity contribution < 1.29 is 14.7 Å². The Morgan fingerprint density at radius 3 is 2.68 bits per heavy atom. The smallest absolute Gasteiger partial charge is 0.356 e. The van der Waals surface area contributed by atoms with Crippen LogP contribution in [0, 0.1) is 13.8 Å². The van der Waals surface area contributed by atoms with Crippen LogP contribution in [0.25, 0.3) is 0 Å². The van der Waals surface area contributed by atoms with Gasteiger partial charge in [0.1, 0.15) is 0 Å². The number of halogens is 1. The summed E-state index contributed by atoms with van der Waals surface area (Å²) in [7, 11) is 0. The molecule has 8 nitrogen and oxygen atoms in total. The lowest BCUT2D eigenvalue weighted by atomic mass is 10.2. The predicted molar refractivity (Wildman–Crippen MR) is 105 cm³/mol. The number of rotatable bonds is 7. The molecule has 0 atom stereocenters. The molecule has 28 heavy (non-hydrogen) atoms. The van der Waals surface area contributed by atoms with E-state index in [1.54, 1.807) is 0 Å². The van der Waals surface area contributed by atoms with Gasteiger partial charge in [-0.3, -0.25) is 14.2 Å². The molecule has 0 bridgehead atoms. The summed E-state index contributed by atoms with van der Waals surface area (Å²) in [6.07, 6.45) is 1.70. The predicted octanol–water partition coefficient (Wildman–Crippen LogP) is 3.13. The van der Waals surface area contributed by atoms with Gasteiger partial charge < -0.3 is 10.4 Å². The molecule has 146 valence electrons. The Hall–Kier alpha value is -3.13. The molecule has 0 aliphatic rings. The number of carbonyl (C=O) groups is 2. The minimum absolute atomic E-state index is 0.0469. The second kappa shape index (κ2) is 8.26. The fraction of sp³-hybridized carbons (Fsp3) is 0.263. The maximum atomic E-state index is 12.3. The van der Waals surface area contributed by atoms with E-state index in [0.29, 0.717) is 17.3 Å². The topological polar surface area (TPSA) is 102 Å². The highest BCUT2D eigenvalue weighted by Crippen LogP contribution is 2.21. The summed E-state index contributed by atoms with van der Waals surface area (Å²) in [5.74, 6) is -1.29. The van der Waals surface area contributed by atoms with Crippen LogP contribution in [0.1, 0.15) is 33.9 Å². The SMILES string of the molecule is Cc1nn(Cc2cccc(Cl)c2)c(C)c1NC(=O)CCn1ccc(C(=O)O)n1. The standard InChI is InChI=1S/C19H20ClN5O3/c1-12-18(13(2)25(22-12)11-14-4-3-5-15(20)10-14)21-17(26)7-9-24-8-6-16(23-24)19(27)28/h3-6,8,10H,7,9,11H2,1-2H3,(H,21,26)(H,27,28). The maximum absolute atomic E-state index is 12.3. The van der Waals surface area contributed by atoms with Crippen molar-refractivity contribution in [2.24, 2.45) is 0 Å². The molecule has 3 aromatic rings. The Labute approximate surface area is 166 Å². The number of aromatic nitrogens is 4. The molecule has 0 aliphatic carbocycles. The van der Waals surface area contributed by atoms with Crippen LogP contribution >= 0.6 is 11.6 Å². The molecule has 3 rings (SSSR count). The molecular weight excluding hydrogens is 382 g/mol. The summed E-state index contributed by atoms with van der Waals surface area (Å²) in [5.41, 5.74) is 3.22. The number of anilines is 1. The quantitative estimate of drug-likeness (QED) is 0.633. The van der Waals surface area contributed by atoms with E-state index in [-0.39, 0.29) is 24.6 Å². The van der Waals surface area contributed by atoms with E-state index in [0.717, 1.165) is 17.0 Å². The number of carboxylic acids is 1. The Morgan fingerprint density at radius 2 is 2.00 bits per heavy atom. The van der Waals surface area contributed by atoms with Gasteiger partial charge in [0, 0.05) is 24.2 Å². The Balaban J connectivity index is 1.64. The van der Waals surface area contributed by atoms with Gasteiger partial charge in [0.2, 0.25) is 5.91 Å². The zero-order valence-electron chi connectivity index (χ0n) is 15.5. The van der Waals surface area contributed by atoms with Gasteiger partial charge in [-0.15, -0.1) is 0 Å². The summed E-state index contributed by atoms with van der Waals surface area (Å²) in [6, 6.07) is 8.95. The average molecular weight is 402 g/mol. The van der Waals surface area contributed by atoms with E-state index >= 15 is 0 Å². The highest BCUT2D eigenvalue weighted by molar-refractivity contribution is 6.30. The molecule has 2 N–H and O–H groups in total. The lowest BCUT2D eigenvalue weighted by molar-refractivity contribution is -0.116. The van der Waals surface area contributed by atoms with Crippen molar-refractivity contribution in [2.45, 2.75) is 33.4 Å². The van der Waals surface area contributed by atoms with Gasteiger partial charge in [0.05, 0.1) is 23.6 Å². The van der Waals surface area contributed by atoms with Crippen LogP contribution in [0.15, 0.2) is 36.5 Å². The van der Waals surface area contributed by atoms with Crippen LogP contribution in [-0.2, 0) is 17.9 Å². The zero-order valence-corrected chi connectivity index (χ0v) is 16.3. The third-order valence-electron chi connectivity index (χ3n) is 4.30. The van der Waals surface area contributed by atoms with Gasteiger partial charge >= 0.3 is 5.97 Å². The van der Waals surface area contributed by atoms with Crippen molar-refractivity contribution in [3.63, 3.8) is 0 Å². The second-order valence-electron chi connectivity index (χ2n) is 6.40. The molecule has 9 heteroatoms. The van der Waals surface area contributed by atoms with Crippen LogP contribution < -0.4 is 5.32 Å². The molecule has 2 heterocycles. The lowest BCUT2D eigenvalue weighted by Gasteiger charge is -2.08. The molecule has 0 saturated carbocycles. The Morgan fingerprint density at radius 1 is 1.21 bits per heavy atom. The Bertz CT molecular complexity index is 1020. The summed E-state index contributed by atoms with van der Waals surface area (Å²) in [4.78, 5) is 23.2. The largest absolute Gasteiger partial charge is 0.476 e. The summed E-state index contributed by atoms with van der Waals surface area (Å²) in [6.45, 7) is 4.57. The number of amides is 1. The van der Waals surface area contributed by atoms with Crippen molar-refractivity contribution in [3.05, 3.63) is 64.2 Å². The molecule has 0 unspecified atom stereocenters. The number of hydrogen-bond acceptors (Lipinski definition) is 4. The third kappa shape index (κ3) is 4.58.